The molecule has 2 aliphatic heterocycles. The second-order valence-electron chi connectivity index (χ2n) is 7.08. The van der Waals surface area contributed by atoms with Crippen LogP contribution in [0.3, 0.4) is 0 Å². The van der Waals surface area contributed by atoms with Gasteiger partial charge in [-0.2, -0.15) is 0 Å². The molecule has 4 atom stereocenters. The Balaban J connectivity index is 2.00. The first-order valence-electron chi connectivity index (χ1n) is 6.25. The molecule has 2 nitrogen and oxygen atoms in total. The number of hydrogen-bond acceptors (Lipinski definition) is 2. The van der Waals surface area contributed by atoms with E-state index in [9.17, 15) is 5.11 Å². The van der Waals surface area contributed by atoms with Gasteiger partial charge in [0.25, 0.3) is 0 Å². The van der Waals surface area contributed by atoms with E-state index in [4.69, 9.17) is 4.74 Å². The van der Waals surface area contributed by atoms with E-state index in [1.807, 2.05) is 0 Å². The highest BCUT2D eigenvalue weighted by atomic mass is 16.6. The first-order chi connectivity index (χ1) is 6.82. The van der Waals surface area contributed by atoms with E-state index in [0.29, 0.717) is 11.8 Å². The minimum absolute atomic E-state index is 0.0498. The normalized spacial score (nSPS) is 53.6. The van der Waals surface area contributed by atoms with Crippen LogP contribution in [-0.2, 0) is 4.74 Å². The lowest BCUT2D eigenvalue weighted by Gasteiger charge is -2.63. The van der Waals surface area contributed by atoms with Crippen LogP contribution in [0.15, 0.2) is 0 Å². The fourth-order valence-electron chi connectivity index (χ4n) is 4.25. The Morgan fingerprint density at radius 3 is 2.00 bits per heavy atom. The molecule has 1 N–H and O–H groups in total. The quantitative estimate of drug-likeness (QED) is 0.666. The van der Waals surface area contributed by atoms with E-state index in [-0.39, 0.29) is 11.0 Å². The minimum atomic E-state index is -0.780. The van der Waals surface area contributed by atoms with Gasteiger partial charge in [0.05, 0.1) is 5.60 Å². The molecule has 0 spiro atoms. The van der Waals surface area contributed by atoms with Gasteiger partial charge in [-0.15, -0.1) is 0 Å². The number of rotatable bonds is 0. The third kappa shape index (κ3) is 1.31. The molecule has 86 valence electrons. The molecule has 0 radical (unpaired) electrons. The van der Waals surface area contributed by atoms with Crippen molar-refractivity contribution in [1.82, 2.24) is 0 Å². The van der Waals surface area contributed by atoms with Crippen molar-refractivity contribution in [2.24, 2.45) is 17.3 Å². The van der Waals surface area contributed by atoms with Gasteiger partial charge in [0.15, 0.2) is 5.79 Å². The molecule has 2 heterocycles. The van der Waals surface area contributed by atoms with Gasteiger partial charge < -0.3 is 9.84 Å². The molecule has 2 heteroatoms. The Kier molecular flexibility index (Phi) is 1.75. The van der Waals surface area contributed by atoms with Gasteiger partial charge >= 0.3 is 0 Å². The Morgan fingerprint density at radius 2 is 1.60 bits per heavy atom. The van der Waals surface area contributed by atoms with Crippen LogP contribution in [0, 0.1) is 17.3 Å². The second-order valence-corrected chi connectivity index (χ2v) is 7.08. The third-order valence-electron chi connectivity index (χ3n) is 4.87. The van der Waals surface area contributed by atoms with Crippen LogP contribution in [0.25, 0.3) is 0 Å². The van der Waals surface area contributed by atoms with Crippen LogP contribution in [-0.4, -0.2) is 16.5 Å². The molecule has 2 unspecified atom stereocenters. The predicted octanol–water partition coefficient (Wildman–Crippen LogP) is 2.70. The highest BCUT2D eigenvalue weighted by Crippen LogP contribution is 2.61. The Labute approximate surface area is 92.0 Å². The summed E-state index contributed by atoms with van der Waals surface area (Å²) in [5.41, 5.74) is 0.102. The van der Waals surface area contributed by atoms with Crippen LogP contribution in [0.5, 0.6) is 0 Å². The number of hydrogen-bond donors (Lipinski definition) is 1. The summed E-state index contributed by atoms with van der Waals surface area (Å²) in [6, 6.07) is 0. The molecule has 0 amide bonds. The second kappa shape index (κ2) is 2.60. The van der Waals surface area contributed by atoms with Crippen LogP contribution in [0.2, 0.25) is 0 Å². The van der Waals surface area contributed by atoms with Crippen molar-refractivity contribution in [3.63, 3.8) is 0 Å². The van der Waals surface area contributed by atoms with E-state index >= 15 is 0 Å². The summed E-state index contributed by atoms with van der Waals surface area (Å²) < 4.78 is 6.12. The van der Waals surface area contributed by atoms with Gasteiger partial charge in [-0.25, -0.2) is 0 Å². The van der Waals surface area contributed by atoms with Crippen LogP contribution >= 0.6 is 0 Å². The van der Waals surface area contributed by atoms with Crippen molar-refractivity contribution in [2.75, 3.05) is 0 Å². The van der Waals surface area contributed by atoms with Gasteiger partial charge in [-0.1, -0.05) is 20.8 Å². The molecule has 0 aromatic rings. The van der Waals surface area contributed by atoms with E-state index in [2.05, 4.69) is 20.8 Å². The van der Waals surface area contributed by atoms with E-state index in [1.54, 1.807) is 0 Å². The lowest BCUT2D eigenvalue weighted by Crippen LogP contribution is -2.65. The summed E-state index contributed by atoms with van der Waals surface area (Å²) in [6.07, 6.45) is 5.40. The predicted molar refractivity (Wildman–Crippen MR) is 58.3 cm³/mol. The summed E-state index contributed by atoms with van der Waals surface area (Å²) in [5.74, 6) is 0.628. The van der Waals surface area contributed by atoms with Gasteiger partial charge in [-0.3, -0.25) is 0 Å². The van der Waals surface area contributed by atoms with Crippen LogP contribution < -0.4 is 0 Å². The van der Waals surface area contributed by atoms with E-state index in [1.165, 1.54) is 6.42 Å². The minimum Gasteiger partial charge on any atom is -0.365 e. The first kappa shape index (κ1) is 10.1. The van der Waals surface area contributed by atoms with Crippen molar-refractivity contribution in [1.29, 1.82) is 0 Å². The van der Waals surface area contributed by atoms with Crippen molar-refractivity contribution in [3.05, 3.63) is 0 Å². The van der Waals surface area contributed by atoms with Gasteiger partial charge in [0.1, 0.15) is 0 Å². The molecule has 4 rings (SSSR count). The van der Waals surface area contributed by atoms with Crippen LogP contribution in [0.1, 0.15) is 52.9 Å². The van der Waals surface area contributed by atoms with Crippen molar-refractivity contribution in [2.45, 2.75) is 64.3 Å². The molecular weight excluding hydrogens is 188 g/mol. The molecule has 0 aromatic heterocycles. The zero-order valence-electron chi connectivity index (χ0n) is 10.0. The summed E-state index contributed by atoms with van der Waals surface area (Å²) in [7, 11) is 0. The Bertz CT molecular complexity index is 275. The number of ether oxygens (including phenoxy) is 1. The monoisotopic (exact) mass is 210 g/mol. The molecule has 4 fully saturated rings. The summed E-state index contributed by atoms with van der Waals surface area (Å²) in [5, 5.41) is 10.4. The van der Waals surface area contributed by atoms with Gasteiger partial charge in [0, 0.05) is 12.8 Å². The third-order valence-corrected chi connectivity index (χ3v) is 4.87. The van der Waals surface area contributed by atoms with Crippen molar-refractivity contribution < 1.29 is 9.84 Å². The molecule has 2 saturated heterocycles. The summed E-state index contributed by atoms with van der Waals surface area (Å²) >= 11 is 0. The average molecular weight is 210 g/mol. The molecule has 4 aliphatic rings. The smallest absolute Gasteiger partial charge is 0.166 e. The van der Waals surface area contributed by atoms with Gasteiger partial charge in [-0.05, 0) is 36.5 Å². The highest BCUT2D eigenvalue weighted by molar-refractivity contribution is 5.08. The Morgan fingerprint density at radius 1 is 1.07 bits per heavy atom. The highest BCUT2D eigenvalue weighted by Gasteiger charge is 2.61. The molecular formula is C13H22O2. The maximum Gasteiger partial charge on any atom is 0.166 e. The Hall–Kier alpha value is -0.0800. The zero-order valence-corrected chi connectivity index (χ0v) is 10.0. The summed E-state index contributed by atoms with van der Waals surface area (Å²) in [4.78, 5) is 0. The maximum absolute atomic E-state index is 10.4. The van der Waals surface area contributed by atoms with Crippen molar-refractivity contribution >= 4 is 0 Å². The maximum atomic E-state index is 10.4. The van der Waals surface area contributed by atoms with Crippen LogP contribution in [0.4, 0.5) is 0 Å². The lowest BCUT2D eigenvalue weighted by molar-refractivity contribution is -0.376. The standard InChI is InChI=1S/C13H22O2/c1-11(2,3)12-5-9-4-10(6-12)8-13(14,7-9)15-12/h9-10,14H,4-8H2,1-3H3/t9-,10+,12?,13?. The lowest BCUT2D eigenvalue weighted by atomic mass is 9.55. The fraction of sp³-hybridized carbons (Fsp3) is 1.00. The molecule has 0 aromatic carbocycles. The first-order valence-corrected chi connectivity index (χ1v) is 6.25. The molecule has 2 aliphatic carbocycles. The molecule has 4 bridgehead atoms. The summed E-state index contributed by atoms with van der Waals surface area (Å²) in [6.45, 7) is 6.76. The topological polar surface area (TPSA) is 29.5 Å². The zero-order chi connectivity index (χ0) is 10.9. The fourth-order valence-corrected chi connectivity index (χ4v) is 4.25. The van der Waals surface area contributed by atoms with Gasteiger partial charge in [0.2, 0.25) is 0 Å². The average Bonchev–Trinajstić information content (AvgIpc) is 1.95. The SMILES string of the molecule is CC(C)(C)C12C[C@@H]3C[C@@H](CC(O)(C3)O1)C2. The largest absolute Gasteiger partial charge is 0.365 e. The molecule has 2 saturated carbocycles. The van der Waals surface area contributed by atoms with E-state index in [0.717, 1.165) is 25.7 Å². The van der Waals surface area contributed by atoms with Crippen molar-refractivity contribution in [3.8, 4) is 0 Å². The number of aliphatic hydroxyl groups is 1. The molecule has 15 heavy (non-hydrogen) atoms. The van der Waals surface area contributed by atoms with E-state index < -0.39 is 5.79 Å².